The van der Waals surface area contributed by atoms with E-state index in [1.165, 1.54) is 16.7 Å². The monoisotopic (exact) mass is 212 g/mol. The van der Waals surface area contributed by atoms with Crippen molar-refractivity contribution < 1.29 is 5.11 Å². The topological polar surface area (TPSA) is 20.2 Å². The number of rotatable bonds is 2. The van der Waals surface area contributed by atoms with Gasteiger partial charge < -0.3 is 5.11 Å². The van der Waals surface area contributed by atoms with Crippen molar-refractivity contribution in [2.75, 3.05) is 0 Å². The third-order valence-electron chi connectivity index (χ3n) is 2.85. The Bertz CT molecular complexity index is 469. The van der Waals surface area contributed by atoms with Crippen LogP contribution in [0.25, 0.3) is 11.1 Å². The fourth-order valence-corrected chi connectivity index (χ4v) is 1.84. The second-order valence-corrected chi connectivity index (χ2v) is 4.11. The van der Waals surface area contributed by atoms with Crippen molar-refractivity contribution in [1.82, 2.24) is 0 Å². The molecule has 0 unspecified atom stereocenters. The van der Waals surface area contributed by atoms with E-state index in [1.807, 2.05) is 24.3 Å². The van der Waals surface area contributed by atoms with Gasteiger partial charge in [-0.2, -0.15) is 0 Å². The predicted molar refractivity (Wildman–Crippen MR) is 67.2 cm³/mol. The summed E-state index contributed by atoms with van der Waals surface area (Å²) >= 11 is 0. The summed E-state index contributed by atoms with van der Waals surface area (Å²) in [5.74, 6) is 0. The van der Waals surface area contributed by atoms with Crippen LogP contribution in [-0.2, 0) is 0 Å². The Morgan fingerprint density at radius 1 is 0.938 bits per heavy atom. The van der Waals surface area contributed by atoms with Crippen LogP contribution in [0.15, 0.2) is 48.5 Å². The molecule has 1 atom stereocenters. The average Bonchev–Trinajstić information content (AvgIpc) is 2.30. The van der Waals surface area contributed by atoms with Crippen LogP contribution in [-0.4, -0.2) is 5.11 Å². The Balaban J connectivity index is 2.39. The first-order valence-corrected chi connectivity index (χ1v) is 5.52. The zero-order valence-corrected chi connectivity index (χ0v) is 9.64. The first kappa shape index (κ1) is 10.9. The molecule has 0 radical (unpaired) electrons. The molecule has 0 fully saturated rings. The number of hydrogen-bond donors (Lipinski definition) is 1. The van der Waals surface area contributed by atoms with Gasteiger partial charge in [0.2, 0.25) is 0 Å². The molecule has 0 saturated heterocycles. The third kappa shape index (κ3) is 2.15. The molecular weight excluding hydrogens is 196 g/mol. The maximum Gasteiger partial charge on any atom is 0.0761 e. The van der Waals surface area contributed by atoms with Crippen LogP contribution in [0.4, 0.5) is 0 Å². The standard InChI is InChI=1S/C15H16O/c1-11-5-3-4-6-15(11)14-9-7-13(8-10-14)12(2)16/h3-10,12,16H,1-2H3/t12-/m0/s1. The van der Waals surface area contributed by atoms with Gasteiger partial charge in [-0.3, -0.25) is 0 Å². The smallest absolute Gasteiger partial charge is 0.0761 e. The van der Waals surface area contributed by atoms with Gasteiger partial charge in [-0.1, -0.05) is 48.5 Å². The Hall–Kier alpha value is -1.60. The van der Waals surface area contributed by atoms with Gasteiger partial charge in [0.15, 0.2) is 0 Å². The second kappa shape index (κ2) is 4.50. The highest BCUT2D eigenvalue weighted by molar-refractivity contribution is 5.67. The first-order valence-electron chi connectivity index (χ1n) is 5.52. The van der Waals surface area contributed by atoms with Crippen molar-refractivity contribution in [3.8, 4) is 11.1 Å². The molecule has 0 aliphatic rings. The zero-order chi connectivity index (χ0) is 11.5. The number of aliphatic hydroxyl groups is 1. The third-order valence-corrected chi connectivity index (χ3v) is 2.85. The second-order valence-electron chi connectivity index (χ2n) is 4.11. The number of benzene rings is 2. The Morgan fingerprint density at radius 3 is 2.12 bits per heavy atom. The van der Waals surface area contributed by atoms with Crippen LogP contribution in [0.5, 0.6) is 0 Å². The van der Waals surface area contributed by atoms with Gasteiger partial charge in [-0.15, -0.1) is 0 Å². The summed E-state index contributed by atoms with van der Waals surface area (Å²) in [6.07, 6.45) is -0.397. The van der Waals surface area contributed by atoms with E-state index in [9.17, 15) is 5.11 Å². The lowest BCUT2D eigenvalue weighted by Crippen LogP contribution is -1.90. The fraction of sp³-hybridized carbons (Fsp3) is 0.200. The van der Waals surface area contributed by atoms with Crippen molar-refractivity contribution in [2.24, 2.45) is 0 Å². The SMILES string of the molecule is Cc1ccccc1-c1ccc([C@H](C)O)cc1. The van der Waals surface area contributed by atoms with Gasteiger partial charge in [0.05, 0.1) is 6.10 Å². The molecule has 0 heterocycles. The van der Waals surface area contributed by atoms with Gasteiger partial charge in [0, 0.05) is 0 Å². The van der Waals surface area contributed by atoms with E-state index in [0.717, 1.165) is 5.56 Å². The highest BCUT2D eigenvalue weighted by Crippen LogP contribution is 2.24. The number of aryl methyl sites for hydroxylation is 1. The molecule has 0 bridgehead atoms. The molecule has 1 nitrogen and oxygen atoms in total. The maximum atomic E-state index is 9.44. The molecular formula is C15H16O. The molecule has 0 amide bonds. The van der Waals surface area contributed by atoms with E-state index < -0.39 is 6.10 Å². The van der Waals surface area contributed by atoms with Gasteiger partial charge in [0.1, 0.15) is 0 Å². The molecule has 82 valence electrons. The van der Waals surface area contributed by atoms with E-state index in [1.54, 1.807) is 6.92 Å². The molecule has 1 heteroatoms. The van der Waals surface area contributed by atoms with Crippen LogP contribution in [0.3, 0.4) is 0 Å². The van der Waals surface area contributed by atoms with Gasteiger partial charge in [-0.25, -0.2) is 0 Å². The number of hydrogen-bond acceptors (Lipinski definition) is 1. The number of aliphatic hydroxyl groups excluding tert-OH is 1. The van der Waals surface area contributed by atoms with Crippen LogP contribution >= 0.6 is 0 Å². The lowest BCUT2D eigenvalue weighted by molar-refractivity contribution is 0.199. The van der Waals surface area contributed by atoms with E-state index in [2.05, 4.69) is 31.2 Å². The normalized spacial score (nSPS) is 12.4. The molecule has 0 aromatic heterocycles. The molecule has 0 spiro atoms. The summed E-state index contributed by atoms with van der Waals surface area (Å²) in [6.45, 7) is 3.89. The summed E-state index contributed by atoms with van der Waals surface area (Å²) in [7, 11) is 0. The van der Waals surface area contributed by atoms with Crippen LogP contribution in [0.1, 0.15) is 24.2 Å². The van der Waals surface area contributed by atoms with E-state index in [-0.39, 0.29) is 0 Å². The van der Waals surface area contributed by atoms with Crippen molar-refractivity contribution in [3.05, 3.63) is 59.7 Å². The molecule has 2 aromatic rings. The molecule has 1 N–H and O–H groups in total. The minimum absolute atomic E-state index is 0.397. The van der Waals surface area contributed by atoms with Gasteiger partial charge in [-0.05, 0) is 36.1 Å². The summed E-state index contributed by atoms with van der Waals surface area (Å²) in [4.78, 5) is 0. The molecule has 0 aliphatic heterocycles. The fourth-order valence-electron chi connectivity index (χ4n) is 1.84. The lowest BCUT2D eigenvalue weighted by Gasteiger charge is -2.08. The first-order chi connectivity index (χ1) is 7.68. The van der Waals surface area contributed by atoms with Crippen LogP contribution < -0.4 is 0 Å². The molecule has 0 saturated carbocycles. The average molecular weight is 212 g/mol. The summed E-state index contributed by atoms with van der Waals surface area (Å²) < 4.78 is 0. The van der Waals surface area contributed by atoms with Gasteiger partial charge in [0.25, 0.3) is 0 Å². The summed E-state index contributed by atoms with van der Waals surface area (Å²) in [6, 6.07) is 16.4. The summed E-state index contributed by atoms with van der Waals surface area (Å²) in [5, 5.41) is 9.44. The zero-order valence-electron chi connectivity index (χ0n) is 9.64. The van der Waals surface area contributed by atoms with Gasteiger partial charge >= 0.3 is 0 Å². The minimum Gasteiger partial charge on any atom is -0.389 e. The minimum atomic E-state index is -0.397. The van der Waals surface area contributed by atoms with Crippen molar-refractivity contribution in [3.63, 3.8) is 0 Å². The van der Waals surface area contributed by atoms with Crippen molar-refractivity contribution in [1.29, 1.82) is 0 Å². The molecule has 16 heavy (non-hydrogen) atoms. The van der Waals surface area contributed by atoms with E-state index in [4.69, 9.17) is 0 Å². The Morgan fingerprint density at radius 2 is 1.56 bits per heavy atom. The van der Waals surface area contributed by atoms with Crippen molar-refractivity contribution >= 4 is 0 Å². The Kier molecular flexibility index (Phi) is 3.07. The molecule has 2 rings (SSSR count). The highest BCUT2D eigenvalue weighted by atomic mass is 16.3. The predicted octanol–water partition coefficient (Wildman–Crippen LogP) is 3.72. The largest absolute Gasteiger partial charge is 0.389 e. The molecule has 0 aliphatic carbocycles. The van der Waals surface area contributed by atoms with Crippen LogP contribution in [0.2, 0.25) is 0 Å². The van der Waals surface area contributed by atoms with E-state index >= 15 is 0 Å². The molecule has 2 aromatic carbocycles. The van der Waals surface area contributed by atoms with E-state index in [0.29, 0.717) is 0 Å². The quantitative estimate of drug-likeness (QED) is 0.804. The van der Waals surface area contributed by atoms with Crippen LogP contribution in [0, 0.1) is 6.92 Å². The summed E-state index contributed by atoms with van der Waals surface area (Å²) in [5.41, 5.74) is 4.67. The maximum absolute atomic E-state index is 9.44. The highest BCUT2D eigenvalue weighted by Gasteiger charge is 2.03. The lowest BCUT2D eigenvalue weighted by atomic mass is 9.99. The van der Waals surface area contributed by atoms with Crippen molar-refractivity contribution in [2.45, 2.75) is 20.0 Å². The Labute approximate surface area is 96.4 Å².